The molecule has 2 aliphatic rings. The van der Waals surface area contributed by atoms with Gasteiger partial charge in [0.1, 0.15) is 4.88 Å². The van der Waals surface area contributed by atoms with Crippen molar-refractivity contribution < 1.29 is 9.90 Å². The van der Waals surface area contributed by atoms with Gasteiger partial charge in [-0.05, 0) is 58.7 Å². The molecule has 0 bridgehead atoms. The van der Waals surface area contributed by atoms with Gasteiger partial charge in [-0.25, -0.2) is 4.79 Å². The van der Waals surface area contributed by atoms with Crippen molar-refractivity contribution in [3.05, 3.63) is 80.6 Å². The smallest absolute Gasteiger partial charge is 0.345 e. The molecule has 1 unspecified atom stereocenters. The second-order valence-corrected chi connectivity index (χ2v) is 8.12. The maximum atomic E-state index is 11.4. The Morgan fingerprint density at radius 2 is 1.96 bits per heavy atom. The Labute approximate surface area is 162 Å². The van der Waals surface area contributed by atoms with Crippen LogP contribution >= 0.6 is 11.3 Å². The Balaban J connectivity index is 2.00. The first-order chi connectivity index (χ1) is 12.9. The van der Waals surface area contributed by atoms with Gasteiger partial charge in [-0.15, -0.1) is 11.3 Å². The van der Waals surface area contributed by atoms with Gasteiger partial charge in [0.15, 0.2) is 0 Å². The number of carbonyl (C=O) groups is 1. The predicted octanol–water partition coefficient (Wildman–Crippen LogP) is 4.95. The minimum atomic E-state index is -0.902. The molecule has 0 amide bonds. The molecule has 1 aromatic heterocycles. The SMILES string of the molecule is CC1C2=CC(=N)C=CC2=C(c2ccc(C(=O)O)s2)c2ccc(N(C)C)cc21. The molecule has 5 heteroatoms. The lowest BCUT2D eigenvalue weighted by Gasteiger charge is -2.32. The summed E-state index contributed by atoms with van der Waals surface area (Å²) in [6.45, 7) is 2.17. The summed E-state index contributed by atoms with van der Waals surface area (Å²) < 4.78 is 0. The van der Waals surface area contributed by atoms with Crippen LogP contribution in [0.4, 0.5) is 5.69 Å². The van der Waals surface area contributed by atoms with Gasteiger partial charge in [-0.2, -0.15) is 0 Å². The molecule has 0 aliphatic heterocycles. The molecule has 4 nitrogen and oxygen atoms in total. The highest BCUT2D eigenvalue weighted by atomic mass is 32.1. The minimum Gasteiger partial charge on any atom is -0.477 e. The number of carboxylic acid groups (broad SMARTS) is 1. The second-order valence-electron chi connectivity index (χ2n) is 7.03. The lowest BCUT2D eigenvalue weighted by molar-refractivity contribution is 0.0702. The predicted molar refractivity (Wildman–Crippen MR) is 111 cm³/mol. The minimum absolute atomic E-state index is 0.169. The Hall–Kier alpha value is -2.92. The van der Waals surface area contributed by atoms with Crippen LogP contribution < -0.4 is 4.90 Å². The van der Waals surface area contributed by atoms with Gasteiger partial charge in [-0.1, -0.05) is 19.1 Å². The lowest BCUT2D eigenvalue weighted by atomic mass is 9.73. The molecule has 4 rings (SSSR count). The fourth-order valence-corrected chi connectivity index (χ4v) is 4.65. The molecule has 2 aliphatic carbocycles. The topological polar surface area (TPSA) is 64.4 Å². The van der Waals surface area contributed by atoms with E-state index in [0.29, 0.717) is 10.6 Å². The monoisotopic (exact) mass is 376 g/mol. The number of hydrogen-bond acceptors (Lipinski definition) is 4. The first-order valence-electron chi connectivity index (χ1n) is 8.75. The maximum Gasteiger partial charge on any atom is 0.345 e. The van der Waals surface area contributed by atoms with Crippen molar-refractivity contribution >= 4 is 34.3 Å². The van der Waals surface area contributed by atoms with E-state index in [1.807, 2.05) is 32.3 Å². The number of hydrogen-bond donors (Lipinski definition) is 2. The van der Waals surface area contributed by atoms with E-state index in [2.05, 4.69) is 30.0 Å². The second kappa shape index (κ2) is 6.35. The van der Waals surface area contributed by atoms with Gasteiger partial charge in [0.05, 0.1) is 5.71 Å². The summed E-state index contributed by atoms with van der Waals surface area (Å²) >= 11 is 1.30. The number of rotatable bonds is 3. The quantitative estimate of drug-likeness (QED) is 0.797. The largest absolute Gasteiger partial charge is 0.477 e. The summed E-state index contributed by atoms with van der Waals surface area (Å²) in [6.07, 6.45) is 5.72. The van der Waals surface area contributed by atoms with Crippen LogP contribution in [0, 0.1) is 5.41 Å². The molecule has 0 fully saturated rings. The van der Waals surface area contributed by atoms with Gasteiger partial charge in [0.25, 0.3) is 0 Å². The molecule has 0 saturated carbocycles. The number of nitrogens with zero attached hydrogens (tertiary/aromatic N) is 1. The van der Waals surface area contributed by atoms with Crippen molar-refractivity contribution in [2.75, 3.05) is 19.0 Å². The molecular weight excluding hydrogens is 356 g/mol. The number of aromatic carboxylic acids is 1. The zero-order valence-corrected chi connectivity index (χ0v) is 16.2. The third-order valence-corrected chi connectivity index (χ3v) is 6.23. The van der Waals surface area contributed by atoms with Crippen molar-refractivity contribution in [3.8, 4) is 0 Å². The number of nitrogens with one attached hydrogen (secondary N) is 1. The van der Waals surface area contributed by atoms with Gasteiger partial charge in [0, 0.05) is 36.2 Å². The van der Waals surface area contributed by atoms with Gasteiger partial charge >= 0.3 is 5.97 Å². The van der Waals surface area contributed by atoms with Crippen LogP contribution in [-0.2, 0) is 0 Å². The van der Waals surface area contributed by atoms with E-state index in [9.17, 15) is 9.90 Å². The number of thiophene rings is 1. The number of anilines is 1. The van der Waals surface area contributed by atoms with Crippen LogP contribution in [-0.4, -0.2) is 30.9 Å². The van der Waals surface area contributed by atoms with Crippen LogP contribution in [0.3, 0.4) is 0 Å². The normalized spacial score (nSPS) is 18.1. The third kappa shape index (κ3) is 2.84. The molecule has 2 N–H and O–H groups in total. The van der Waals surface area contributed by atoms with Crippen LogP contribution in [0.1, 0.15) is 38.5 Å². The Bertz CT molecular complexity index is 1070. The van der Waals surface area contributed by atoms with E-state index >= 15 is 0 Å². The number of fused-ring (bicyclic) bond motifs is 2. The molecule has 1 atom stereocenters. The van der Waals surface area contributed by atoms with Crippen LogP contribution in [0.15, 0.2) is 59.7 Å². The van der Waals surface area contributed by atoms with Crippen molar-refractivity contribution in [2.45, 2.75) is 12.8 Å². The standard InChI is InChI=1S/C22H20N2O2S/c1-12-17-10-13(23)4-6-15(17)21(19-8-9-20(27-19)22(25)26)16-7-5-14(24(2)3)11-18(12)16/h4-12,23H,1-3H3,(H,25,26). The molecule has 0 radical (unpaired) electrons. The van der Waals surface area contributed by atoms with Crippen LogP contribution in [0.25, 0.3) is 5.57 Å². The molecular formula is C22H20N2O2S. The number of carboxylic acids is 1. The Kier molecular flexibility index (Phi) is 4.12. The Morgan fingerprint density at radius 1 is 1.19 bits per heavy atom. The zero-order valence-electron chi connectivity index (χ0n) is 15.4. The molecule has 27 heavy (non-hydrogen) atoms. The van der Waals surface area contributed by atoms with Crippen molar-refractivity contribution in [3.63, 3.8) is 0 Å². The van der Waals surface area contributed by atoms with E-state index in [-0.39, 0.29) is 5.92 Å². The highest BCUT2D eigenvalue weighted by Gasteiger charge is 2.30. The highest BCUT2D eigenvalue weighted by molar-refractivity contribution is 7.15. The Morgan fingerprint density at radius 3 is 2.63 bits per heavy atom. The summed E-state index contributed by atoms with van der Waals surface area (Å²) in [7, 11) is 4.04. The number of benzene rings is 1. The van der Waals surface area contributed by atoms with E-state index in [1.54, 1.807) is 12.1 Å². The lowest BCUT2D eigenvalue weighted by Crippen LogP contribution is -2.16. The fourth-order valence-electron chi connectivity index (χ4n) is 3.73. The summed E-state index contributed by atoms with van der Waals surface area (Å²) in [5.41, 5.74) is 7.22. The summed E-state index contributed by atoms with van der Waals surface area (Å²) in [5, 5.41) is 17.4. The van der Waals surface area contributed by atoms with Crippen molar-refractivity contribution in [2.24, 2.45) is 0 Å². The third-order valence-electron chi connectivity index (χ3n) is 5.14. The fraction of sp³-hybridized carbons (Fsp3) is 0.182. The van der Waals surface area contributed by atoms with E-state index in [1.165, 1.54) is 16.9 Å². The molecule has 1 aromatic carbocycles. The van der Waals surface area contributed by atoms with Crippen LogP contribution in [0.2, 0.25) is 0 Å². The average Bonchev–Trinajstić information content (AvgIpc) is 3.12. The van der Waals surface area contributed by atoms with Crippen molar-refractivity contribution in [1.82, 2.24) is 0 Å². The molecule has 0 spiro atoms. The van der Waals surface area contributed by atoms with Crippen molar-refractivity contribution in [1.29, 1.82) is 5.41 Å². The molecule has 1 heterocycles. The molecule has 2 aromatic rings. The van der Waals surface area contributed by atoms with Gasteiger partial charge in [0.2, 0.25) is 0 Å². The van der Waals surface area contributed by atoms with E-state index in [0.717, 1.165) is 32.8 Å². The first-order valence-corrected chi connectivity index (χ1v) is 9.56. The number of allylic oxidation sites excluding steroid dienone is 5. The van der Waals surface area contributed by atoms with E-state index < -0.39 is 5.97 Å². The molecule has 136 valence electrons. The van der Waals surface area contributed by atoms with Gasteiger partial charge in [-0.3, -0.25) is 0 Å². The average molecular weight is 376 g/mol. The zero-order chi connectivity index (χ0) is 19.3. The summed E-state index contributed by atoms with van der Waals surface area (Å²) in [6, 6.07) is 9.99. The summed E-state index contributed by atoms with van der Waals surface area (Å²) in [5.74, 6) is -0.733. The van der Waals surface area contributed by atoms with E-state index in [4.69, 9.17) is 5.41 Å². The van der Waals surface area contributed by atoms with Gasteiger partial charge < -0.3 is 15.4 Å². The highest BCUT2D eigenvalue weighted by Crippen LogP contribution is 2.48. The van der Waals surface area contributed by atoms with Crippen LogP contribution in [0.5, 0.6) is 0 Å². The first kappa shape index (κ1) is 17.5. The summed E-state index contributed by atoms with van der Waals surface area (Å²) in [4.78, 5) is 14.7. The maximum absolute atomic E-state index is 11.4. The molecule has 0 saturated heterocycles.